The summed E-state index contributed by atoms with van der Waals surface area (Å²) in [6, 6.07) is 4.56. The predicted molar refractivity (Wildman–Crippen MR) is 62.6 cm³/mol. The maximum atomic E-state index is 12.7. The molecule has 1 rings (SSSR count). The molecule has 0 aliphatic rings. The molecule has 9 heteroatoms. The van der Waals surface area contributed by atoms with E-state index >= 15 is 0 Å². The Kier molecular flexibility index (Phi) is 4.87. The van der Waals surface area contributed by atoms with Crippen LogP contribution in [0.15, 0.2) is 24.3 Å². The van der Waals surface area contributed by atoms with Gasteiger partial charge in [0.05, 0.1) is 6.10 Å². The predicted octanol–water partition coefficient (Wildman–Crippen LogP) is 3.87. The largest absolute Gasteiger partial charge is 0.426 e. The molecule has 0 bridgehead atoms. The highest BCUT2D eigenvalue weighted by molar-refractivity contribution is 6.30. The van der Waals surface area contributed by atoms with E-state index in [0.29, 0.717) is 6.92 Å². The van der Waals surface area contributed by atoms with E-state index in [-0.39, 0.29) is 10.6 Å². The molecular formula is C12H11ClF6O2. The van der Waals surface area contributed by atoms with Crippen molar-refractivity contribution in [2.24, 2.45) is 5.92 Å². The van der Waals surface area contributed by atoms with Gasteiger partial charge in [-0.05, 0) is 17.7 Å². The second-order valence-corrected chi connectivity index (χ2v) is 4.98. The quantitative estimate of drug-likeness (QED) is 0.823. The summed E-state index contributed by atoms with van der Waals surface area (Å²) >= 11 is 5.54. The summed E-state index contributed by atoms with van der Waals surface area (Å²) in [5.74, 6) is -2.57. The molecule has 0 saturated carbocycles. The normalized spacial score (nSPS) is 16.7. The maximum absolute atomic E-state index is 12.7. The molecule has 2 atom stereocenters. The van der Waals surface area contributed by atoms with Crippen molar-refractivity contribution >= 4 is 11.6 Å². The van der Waals surface area contributed by atoms with Crippen LogP contribution in [-0.2, 0) is 0 Å². The number of aliphatic hydroxyl groups is 2. The molecule has 21 heavy (non-hydrogen) atoms. The Morgan fingerprint density at radius 2 is 1.33 bits per heavy atom. The maximum Gasteiger partial charge on any atom is 0.426 e. The summed E-state index contributed by atoms with van der Waals surface area (Å²) in [5, 5.41) is 19.1. The van der Waals surface area contributed by atoms with Crippen LogP contribution in [0.2, 0.25) is 5.02 Å². The standard InChI is InChI=1S/C12H11ClF6O2/c1-6(9(20)7-2-4-8(13)5-3-7)10(21,11(14,15)16)12(17,18)19/h2-6,9,20-21H,1H3/t6-,9+/m0/s1. The zero-order chi connectivity index (χ0) is 16.6. The first kappa shape index (κ1) is 18.1. The van der Waals surface area contributed by atoms with E-state index in [9.17, 15) is 36.6 Å². The zero-order valence-electron chi connectivity index (χ0n) is 10.5. The van der Waals surface area contributed by atoms with Crippen LogP contribution >= 0.6 is 11.6 Å². The number of aliphatic hydroxyl groups excluding tert-OH is 1. The fraction of sp³-hybridized carbons (Fsp3) is 0.500. The Balaban J connectivity index is 3.24. The molecule has 1 aromatic rings. The number of rotatable bonds is 3. The Hall–Kier alpha value is -0.990. The van der Waals surface area contributed by atoms with E-state index in [0.717, 1.165) is 12.1 Å². The summed E-state index contributed by atoms with van der Waals surface area (Å²) in [5.41, 5.74) is -5.25. The van der Waals surface area contributed by atoms with Crippen molar-refractivity contribution in [1.29, 1.82) is 0 Å². The van der Waals surface area contributed by atoms with Crippen LogP contribution in [0.1, 0.15) is 18.6 Å². The summed E-state index contributed by atoms with van der Waals surface area (Å²) < 4.78 is 76.1. The molecule has 0 heterocycles. The first-order valence-corrected chi connectivity index (χ1v) is 5.99. The van der Waals surface area contributed by atoms with E-state index in [2.05, 4.69) is 0 Å². The van der Waals surface area contributed by atoms with Crippen molar-refractivity contribution in [3.8, 4) is 0 Å². The molecule has 1 aromatic carbocycles. The highest BCUT2D eigenvalue weighted by Crippen LogP contribution is 2.50. The molecule has 0 aliphatic carbocycles. The second kappa shape index (κ2) is 5.66. The lowest BCUT2D eigenvalue weighted by Crippen LogP contribution is -2.62. The molecule has 0 aromatic heterocycles. The van der Waals surface area contributed by atoms with Gasteiger partial charge in [-0.1, -0.05) is 30.7 Å². The Bertz CT molecular complexity index is 468. The number of benzene rings is 1. The average Bonchev–Trinajstić information content (AvgIpc) is 2.34. The van der Waals surface area contributed by atoms with E-state index in [1.807, 2.05) is 0 Å². The summed E-state index contributed by atoms with van der Waals surface area (Å²) in [7, 11) is 0. The SMILES string of the molecule is C[C@@H]([C@@H](O)c1ccc(Cl)cc1)C(O)(C(F)(F)F)C(F)(F)F. The molecule has 2 N–H and O–H groups in total. The number of hydrogen-bond donors (Lipinski definition) is 2. The van der Waals surface area contributed by atoms with E-state index < -0.39 is 30.0 Å². The third-order valence-electron chi connectivity index (χ3n) is 3.21. The van der Waals surface area contributed by atoms with Crippen LogP contribution in [0.4, 0.5) is 26.3 Å². The Morgan fingerprint density at radius 1 is 0.952 bits per heavy atom. The third-order valence-corrected chi connectivity index (χ3v) is 3.46. The lowest BCUT2D eigenvalue weighted by Gasteiger charge is -2.39. The van der Waals surface area contributed by atoms with Crippen LogP contribution in [0, 0.1) is 5.92 Å². The van der Waals surface area contributed by atoms with Gasteiger partial charge in [0, 0.05) is 10.9 Å². The van der Waals surface area contributed by atoms with Gasteiger partial charge < -0.3 is 10.2 Å². The highest BCUT2D eigenvalue weighted by Gasteiger charge is 2.73. The molecule has 0 saturated heterocycles. The number of hydrogen-bond acceptors (Lipinski definition) is 2. The van der Waals surface area contributed by atoms with Crippen molar-refractivity contribution in [1.82, 2.24) is 0 Å². The van der Waals surface area contributed by atoms with E-state index in [4.69, 9.17) is 11.6 Å². The molecule has 0 amide bonds. The van der Waals surface area contributed by atoms with Gasteiger partial charge in [-0.2, -0.15) is 26.3 Å². The van der Waals surface area contributed by atoms with Crippen molar-refractivity contribution in [2.45, 2.75) is 31.0 Å². The Labute approximate surface area is 121 Å². The van der Waals surface area contributed by atoms with Crippen molar-refractivity contribution in [3.05, 3.63) is 34.9 Å². The van der Waals surface area contributed by atoms with Crippen molar-refractivity contribution in [2.75, 3.05) is 0 Å². The monoisotopic (exact) mass is 336 g/mol. The molecule has 0 radical (unpaired) electrons. The topological polar surface area (TPSA) is 40.5 Å². The summed E-state index contributed by atoms with van der Waals surface area (Å²) in [4.78, 5) is 0. The van der Waals surface area contributed by atoms with Gasteiger partial charge in [-0.15, -0.1) is 0 Å². The van der Waals surface area contributed by atoms with Gasteiger partial charge in [0.2, 0.25) is 0 Å². The molecule has 0 spiro atoms. The zero-order valence-corrected chi connectivity index (χ0v) is 11.3. The highest BCUT2D eigenvalue weighted by atomic mass is 35.5. The Morgan fingerprint density at radius 3 is 1.67 bits per heavy atom. The fourth-order valence-electron chi connectivity index (χ4n) is 1.85. The van der Waals surface area contributed by atoms with Crippen LogP contribution in [0.5, 0.6) is 0 Å². The molecular weight excluding hydrogens is 326 g/mol. The molecule has 2 nitrogen and oxygen atoms in total. The first-order valence-electron chi connectivity index (χ1n) is 5.61. The van der Waals surface area contributed by atoms with Gasteiger partial charge >= 0.3 is 12.4 Å². The number of alkyl halides is 6. The molecule has 120 valence electrons. The van der Waals surface area contributed by atoms with E-state index in [1.54, 1.807) is 0 Å². The molecule has 0 unspecified atom stereocenters. The lowest BCUT2D eigenvalue weighted by molar-refractivity contribution is -0.389. The summed E-state index contributed by atoms with van der Waals surface area (Å²) in [6.07, 6.45) is -14.2. The smallest absolute Gasteiger partial charge is 0.388 e. The van der Waals surface area contributed by atoms with Gasteiger partial charge in [0.25, 0.3) is 5.60 Å². The van der Waals surface area contributed by atoms with Crippen LogP contribution in [0.3, 0.4) is 0 Å². The van der Waals surface area contributed by atoms with E-state index in [1.165, 1.54) is 12.1 Å². The average molecular weight is 337 g/mol. The second-order valence-electron chi connectivity index (χ2n) is 4.55. The van der Waals surface area contributed by atoms with Crippen molar-refractivity contribution < 1.29 is 36.6 Å². The van der Waals surface area contributed by atoms with Gasteiger partial charge in [0.1, 0.15) is 0 Å². The molecule has 0 fully saturated rings. The minimum absolute atomic E-state index is 0.195. The van der Waals surface area contributed by atoms with Gasteiger partial charge in [-0.25, -0.2) is 0 Å². The molecule has 0 aliphatic heterocycles. The van der Waals surface area contributed by atoms with Crippen LogP contribution < -0.4 is 0 Å². The van der Waals surface area contributed by atoms with Gasteiger partial charge in [-0.3, -0.25) is 0 Å². The van der Waals surface area contributed by atoms with Crippen LogP contribution in [0.25, 0.3) is 0 Å². The van der Waals surface area contributed by atoms with Crippen LogP contribution in [-0.4, -0.2) is 28.2 Å². The fourth-order valence-corrected chi connectivity index (χ4v) is 1.98. The lowest BCUT2D eigenvalue weighted by atomic mass is 9.81. The minimum Gasteiger partial charge on any atom is -0.388 e. The first-order chi connectivity index (χ1) is 9.32. The third kappa shape index (κ3) is 3.27. The summed E-state index contributed by atoms with van der Waals surface area (Å²) in [6.45, 7) is 0.472. The van der Waals surface area contributed by atoms with Crippen molar-refractivity contribution in [3.63, 3.8) is 0 Å². The number of halogens is 7. The minimum atomic E-state index is -5.99. The van der Waals surface area contributed by atoms with Gasteiger partial charge in [0.15, 0.2) is 0 Å².